The van der Waals surface area contributed by atoms with Crippen molar-refractivity contribution in [2.75, 3.05) is 7.11 Å². The van der Waals surface area contributed by atoms with Crippen molar-refractivity contribution >= 4 is 0 Å². The third-order valence-electron chi connectivity index (χ3n) is 6.86. The van der Waals surface area contributed by atoms with Gasteiger partial charge in [-0.15, -0.1) is 12.3 Å². The lowest BCUT2D eigenvalue weighted by molar-refractivity contribution is 0.0553. The summed E-state index contributed by atoms with van der Waals surface area (Å²) in [7, 11) is 1.77. The minimum atomic E-state index is 0.485. The molecule has 0 spiro atoms. The highest BCUT2D eigenvalue weighted by Crippen LogP contribution is 2.45. The maximum atomic E-state index is 5.58. The monoisotopic (exact) mass is 351 g/mol. The third-order valence-corrected chi connectivity index (χ3v) is 6.86. The zero-order valence-electron chi connectivity index (χ0n) is 16.6. The van der Waals surface area contributed by atoms with E-state index in [1.807, 2.05) is 0 Å². The second kappa shape index (κ2) is 8.21. The number of benzene rings is 1. The second-order valence-corrected chi connectivity index (χ2v) is 8.26. The van der Waals surface area contributed by atoms with Gasteiger partial charge < -0.3 is 10.1 Å². The van der Waals surface area contributed by atoms with Crippen molar-refractivity contribution in [3.05, 3.63) is 41.6 Å². The third kappa shape index (κ3) is 3.78. The zero-order valence-corrected chi connectivity index (χ0v) is 16.6. The Bertz CT molecular complexity index is 672. The van der Waals surface area contributed by atoms with Crippen LogP contribution in [-0.2, 0) is 12.8 Å². The molecule has 1 saturated carbocycles. The van der Waals surface area contributed by atoms with Crippen LogP contribution in [0.2, 0.25) is 0 Å². The zero-order chi connectivity index (χ0) is 18.7. The quantitative estimate of drug-likeness (QED) is 0.700. The van der Waals surface area contributed by atoms with Gasteiger partial charge >= 0.3 is 0 Å². The van der Waals surface area contributed by atoms with Gasteiger partial charge in [0.25, 0.3) is 0 Å². The van der Waals surface area contributed by atoms with E-state index in [4.69, 9.17) is 11.2 Å². The summed E-state index contributed by atoms with van der Waals surface area (Å²) in [5, 5.41) is 3.75. The Morgan fingerprint density at radius 2 is 2.27 bits per heavy atom. The summed E-state index contributed by atoms with van der Waals surface area (Å²) in [6, 6.07) is 6.89. The predicted molar refractivity (Wildman–Crippen MR) is 109 cm³/mol. The van der Waals surface area contributed by atoms with Crippen LogP contribution in [0.5, 0.6) is 5.75 Å². The molecule has 1 N–H and O–H groups in total. The largest absolute Gasteiger partial charge is 0.496 e. The molecule has 5 atom stereocenters. The number of hydrogen-bond acceptors (Lipinski definition) is 2. The summed E-state index contributed by atoms with van der Waals surface area (Å²) in [4.78, 5) is 0. The normalized spacial score (nSPS) is 28.2. The molecule has 2 heteroatoms. The van der Waals surface area contributed by atoms with Gasteiger partial charge in [-0.3, -0.25) is 0 Å². The fourth-order valence-electron chi connectivity index (χ4n) is 5.00. The molecule has 0 saturated heterocycles. The number of allylic oxidation sites excluding steroid dienone is 1. The molecule has 1 fully saturated rings. The van der Waals surface area contributed by atoms with Crippen LogP contribution < -0.4 is 10.1 Å². The minimum absolute atomic E-state index is 0.485. The van der Waals surface area contributed by atoms with Crippen LogP contribution in [0.4, 0.5) is 0 Å². The van der Waals surface area contributed by atoms with Gasteiger partial charge in [0.05, 0.1) is 7.11 Å². The number of rotatable bonds is 7. The lowest BCUT2D eigenvalue weighted by atomic mass is 9.61. The molecule has 0 bridgehead atoms. The molecule has 0 radical (unpaired) electrons. The van der Waals surface area contributed by atoms with Crippen LogP contribution in [0.15, 0.2) is 30.5 Å². The smallest absolute Gasteiger partial charge is 0.122 e. The summed E-state index contributed by atoms with van der Waals surface area (Å²) in [6.07, 6.45) is 12.1. The average Bonchev–Trinajstić information content (AvgIpc) is 2.65. The lowest BCUT2D eigenvalue weighted by Gasteiger charge is -2.47. The molecule has 0 amide bonds. The Balaban J connectivity index is 1.55. The number of hydrogen-bond donors (Lipinski definition) is 1. The molecule has 5 unspecified atom stereocenters. The number of terminal acetylenes is 1. The topological polar surface area (TPSA) is 21.3 Å². The van der Waals surface area contributed by atoms with E-state index >= 15 is 0 Å². The molecule has 140 valence electrons. The molecule has 2 aliphatic rings. The SMILES string of the molecule is C#CCCC1CC(C(C)NC(=C)C2CCc3cccc(OC)c3C2)C1C. The van der Waals surface area contributed by atoms with Crippen LogP contribution >= 0.6 is 0 Å². The Hall–Kier alpha value is -1.88. The summed E-state index contributed by atoms with van der Waals surface area (Å²) < 4.78 is 5.58. The summed E-state index contributed by atoms with van der Waals surface area (Å²) in [5.41, 5.74) is 4.01. The van der Waals surface area contributed by atoms with Gasteiger partial charge in [0, 0.05) is 24.1 Å². The van der Waals surface area contributed by atoms with Gasteiger partial charge in [-0.05, 0) is 74.0 Å². The van der Waals surface area contributed by atoms with Crippen LogP contribution in [0.1, 0.15) is 50.7 Å². The van der Waals surface area contributed by atoms with Gasteiger partial charge in [-0.1, -0.05) is 25.6 Å². The van der Waals surface area contributed by atoms with Gasteiger partial charge in [-0.2, -0.15) is 0 Å². The van der Waals surface area contributed by atoms with E-state index in [1.165, 1.54) is 36.1 Å². The Morgan fingerprint density at radius 1 is 1.46 bits per heavy atom. The first-order valence-electron chi connectivity index (χ1n) is 10.1. The molecule has 0 aliphatic heterocycles. The molecular weight excluding hydrogens is 318 g/mol. The van der Waals surface area contributed by atoms with E-state index in [1.54, 1.807) is 7.11 Å². The van der Waals surface area contributed by atoms with Crippen molar-refractivity contribution < 1.29 is 4.74 Å². The maximum absolute atomic E-state index is 5.58. The minimum Gasteiger partial charge on any atom is -0.496 e. The Kier molecular flexibility index (Phi) is 5.97. The van der Waals surface area contributed by atoms with Crippen molar-refractivity contribution in [2.24, 2.45) is 23.7 Å². The molecular formula is C24H33NO. The highest BCUT2D eigenvalue weighted by molar-refractivity contribution is 5.42. The van der Waals surface area contributed by atoms with E-state index in [0.717, 1.165) is 42.8 Å². The van der Waals surface area contributed by atoms with Crippen LogP contribution in [0.3, 0.4) is 0 Å². The van der Waals surface area contributed by atoms with Crippen molar-refractivity contribution in [2.45, 2.75) is 58.4 Å². The lowest BCUT2D eigenvalue weighted by Crippen LogP contribution is -2.47. The number of fused-ring (bicyclic) bond motifs is 1. The van der Waals surface area contributed by atoms with E-state index in [9.17, 15) is 0 Å². The van der Waals surface area contributed by atoms with Crippen LogP contribution in [0, 0.1) is 36.0 Å². The van der Waals surface area contributed by atoms with Crippen molar-refractivity contribution in [1.82, 2.24) is 5.32 Å². The summed E-state index contributed by atoms with van der Waals surface area (Å²) in [5.74, 6) is 6.60. The van der Waals surface area contributed by atoms with Gasteiger partial charge in [0.15, 0.2) is 0 Å². The Morgan fingerprint density at radius 3 is 2.96 bits per heavy atom. The van der Waals surface area contributed by atoms with Crippen molar-refractivity contribution in [1.29, 1.82) is 0 Å². The first-order valence-corrected chi connectivity index (χ1v) is 10.1. The standard InChI is InChI=1S/C24H33NO/c1-6-7-9-20-14-22(16(20)2)18(4)25-17(3)21-13-12-19-10-8-11-24(26-5)23(19)15-21/h1,8,10-11,16,18,20-22,25H,3,7,9,12-15H2,2,4-5H3. The van der Waals surface area contributed by atoms with Crippen molar-refractivity contribution in [3.8, 4) is 18.1 Å². The predicted octanol–water partition coefficient (Wildman–Crippen LogP) is 4.98. The van der Waals surface area contributed by atoms with E-state index in [-0.39, 0.29) is 0 Å². The first kappa shape index (κ1) is 18.9. The molecule has 26 heavy (non-hydrogen) atoms. The van der Waals surface area contributed by atoms with Gasteiger partial charge in [0.2, 0.25) is 0 Å². The number of nitrogens with one attached hydrogen (secondary N) is 1. The molecule has 0 aromatic heterocycles. The molecule has 2 aliphatic carbocycles. The van der Waals surface area contributed by atoms with E-state index in [0.29, 0.717) is 12.0 Å². The number of aryl methyl sites for hydroxylation is 1. The van der Waals surface area contributed by atoms with E-state index < -0.39 is 0 Å². The fourth-order valence-corrected chi connectivity index (χ4v) is 5.00. The highest BCUT2D eigenvalue weighted by atomic mass is 16.5. The fraction of sp³-hybridized carbons (Fsp3) is 0.583. The summed E-state index contributed by atoms with van der Waals surface area (Å²) >= 11 is 0. The van der Waals surface area contributed by atoms with Crippen molar-refractivity contribution in [3.63, 3.8) is 0 Å². The Labute approximate surface area is 159 Å². The molecule has 2 nitrogen and oxygen atoms in total. The average molecular weight is 352 g/mol. The van der Waals surface area contributed by atoms with Crippen LogP contribution in [0.25, 0.3) is 0 Å². The number of methoxy groups -OCH3 is 1. The summed E-state index contributed by atoms with van der Waals surface area (Å²) in [6.45, 7) is 9.11. The first-order chi connectivity index (χ1) is 12.5. The van der Waals surface area contributed by atoms with E-state index in [2.05, 4.69) is 49.9 Å². The van der Waals surface area contributed by atoms with Crippen LogP contribution in [-0.4, -0.2) is 13.2 Å². The maximum Gasteiger partial charge on any atom is 0.122 e. The highest BCUT2D eigenvalue weighted by Gasteiger charge is 2.40. The van der Waals surface area contributed by atoms with Gasteiger partial charge in [-0.25, -0.2) is 0 Å². The van der Waals surface area contributed by atoms with Gasteiger partial charge in [0.1, 0.15) is 5.75 Å². The second-order valence-electron chi connectivity index (χ2n) is 8.26. The number of ether oxygens (including phenoxy) is 1. The molecule has 1 aromatic carbocycles. The molecule has 0 heterocycles. The molecule has 3 rings (SSSR count). The molecule has 1 aromatic rings.